The van der Waals surface area contributed by atoms with E-state index in [1.54, 1.807) is 27.4 Å². The van der Waals surface area contributed by atoms with Gasteiger partial charge < -0.3 is 4.74 Å². The van der Waals surface area contributed by atoms with Gasteiger partial charge in [0.25, 0.3) is 0 Å². The van der Waals surface area contributed by atoms with E-state index in [4.69, 9.17) is 4.74 Å². The van der Waals surface area contributed by atoms with Crippen LogP contribution in [0.3, 0.4) is 0 Å². The second-order valence-corrected chi connectivity index (χ2v) is 4.83. The summed E-state index contributed by atoms with van der Waals surface area (Å²) in [4.78, 5) is 11.7. The van der Waals surface area contributed by atoms with E-state index in [2.05, 4.69) is 15.3 Å². The molecule has 21 heavy (non-hydrogen) atoms. The standard InChI is InChI=1S/C14H15N5O2/c1-8-12(9(2)18(3)17-8)13-16-15-11-6-5-10(7-19(11)13)14(20)21-4/h5-7H,1-4H3. The van der Waals surface area contributed by atoms with Crippen molar-refractivity contribution < 1.29 is 9.53 Å². The molecule has 0 saturated heterocycles. The van der Waals surface area contributed by atoms with Gasteiger partial charge in [-0.15, -0.1) is 10.2 Å². The molecule has 7 heteroatoms. The van der Waals surface area contributed by atoms with Gasteiger partial charge in [-0.2, -0.15) is 5.10 Å². The van der Waals surface area contributed by atoms with Gasteiger partial charge in [-0.05, 0) is 26.0 Å². The van der Waals surface area contributed by atoms with E-state index in [-0.39, 0.29) is 0 Å². The van der Waals surface area contributed by atoms with Crippen molar-refractivity contribution in [2.75, 3.05) is 7.11 Å². The highest BCUT2D eigenvalue weighted by molar-refractivity contribution is 5.89. The molecule has 0 unspecified atom stereocenters. The van der Waals surface area contributed by atoms with E-state index in [1.807, 2.05) is 20.9 Å². The summed E-state index contributed by atoms with van der Waals surface area (Å²) in [5.41, 5.74) is 3.90. The van der Waals surface area contributed by atoms with E-state index < -0.39 is 5.97 Å². The molecule has 0 aromatic carbocycles. The normalized spacial score (nSPS) is 11.0. The van der Waals surface area contributed by atoms with Crippen molar-refractivity contribution >= 4 is 11.6 Å². The van der Waals surface area contributed by atoms with Crippen molar-refractivity contribution in [3.8, 4) is 11.4 Å². The zero-order valence-corrected chi connectivity index (χ0v) is 12.3. The third-order valence-corrected chi connectivity index (χ3v) is 3.56. The predicted molar refractivity (Wildman–Crippen MR) is 76.0 cm³/mol. The Bertz CT molecular complexity index is 847. The monoisotopic (exact) mass is 285 g/mol. The molecule has 0 saturated carbocycles. The van der Waals surface area contributed by atoms with E-state index in [0.717, 1.165) is 17.0 Å². The van der Waals surface area contributed by atoms with Crippen LogP contribution in [0.1, 0.15) is 21.7 Å². The second-order valence-electron chi connectivity index (χ2n) is 4.83. The largest absolute Gasteiger partial charge is 0.465 e. The Balaban J connectivity index is 2.26. The first-order valence-electron chi connectivity index (χ1n) is 6.46. The van der Waals surface area contributed by atoms with Crippen LogP contribution in [0, 0.1) is 13.8 Å². The van der Waals surface area contributed by atoms with Gasteiger partial charge in [-0.3, -0.25) is 9.08 Å². The number of hydrogen-bond acceptors (Lipinski definition) is 5. The van der Waals surface area contributed by atoms with Crippen LogP contribution in [-0.2, 0) is 11.8 Å². The van der Waals surface area contributed by atoms with Gasteiger partial charge in [0, 0.05) is 18.9 Å². The summed E-state index contributed by atoms with van der Waals surface area (Å²) < 4.78 is 8.33. The number of pyridine rings is 1. The molecule has 0 spiro atoms. The molecule has 0 aliphatic rings. The number of carbonyl (C=O) groups excluding carboxylic acids is 1. The molecular formula is C14H15N5O2. The molecule has 0 aliphatic heterocycles. The van der Waals surface area contributed by atoms with Crippen molar-refractivity contribution in [3.63, 3.8) is 0 Å². The Labute approximate surface area is 121 Å². The van der Waals surface area contributed by atoms with Crippen LogP contribution in [0.2, 0.25) is 0 Å². The fourth-order valence-electron chi connectivity index (χ4n) is 2.40. The average Bonchev–Trinajstić information content (AvgIpc) is 2.99. The number of hydrogen-bond donors (Lipinski definition) is 0. The number of rotatable bonds is 2. The molecule has 7 nitrogen and oxygen atoms in total. The number of ether oxygens (including phenoxy) is 1. The predicted octanol–water partition coefficient (Wildman–Crippen LogP) is 1.53. The van der Waals surface area contributed by atoms with E-state index in [1.165, 1.54) is 7.11 Å². The maximum atomic E-state index is 11.7. The summed E-state index contributed by atoms with van der Waals surface area (Å²) in [5, 5.41) is 12.8. The fourth-order valence-corrected chi connectivity index (χ4v) is 2.40. The number of carbonyl (C=O) groups is 1. The van der Waals surface area contributed by atoms with Gasteiger partial charge in [0.2, 0.25) is 0 Å². The molecule has 0 aliphatic carbocycles. The summed E-state index contributed by atoms with van der Waals surface area (Å²) in [6.45, 7) is 3.90. The maximum Gasteiger partial charge on any atom is 0.339 e. The topological polar surface area (TPSA) is 74.3 Å². The molecule has 0 bridgehead atoms. The SMILES string of the molecule is COC(=O)c1ccc2nnc(-c3c(C)nn(C)c3C)n2c1. The number of aryl methyl sites for hydroxylation is 2. The lowest BCUT2D eigenvalue weighted by Gasteiger charge is -2.03. The summed E-state index contributed by atoms with van der Waals surface area (Å²) in [7, 11) is 3.24. The lowest BCUT2D eigenvalue weighted by molar-refractivity contribution is 0.0600. The molecule has 0 fully saturated rings. The Kier molecular flexibility index (Phi) is 2.97. The van der Waals surface area contributed by atoms with E-state index in [9.17, 15) is 4.79 Å². The van der Waals surface area contributed by atoms with Gasteiger partial charge in [-0.1, -0.05) is 0 Å². The fraction of sp³-hybridized carbons (Fsp3) is 0.286. The molecule has 0 amide bonds. The van der Waals surface area contributed by atoms with Crippen molar-refractivity contribution in [2.24, 2.45) is 7.05 Å². The van der Waals surface area contributed by atoms with Crippen LogP contribution < -0.4 is 0 Å². The molecular weight excluding hydrogens is 270 g/mol. The first-order valence-corrected chi connectivity index (χ1v) is 6.46. The van der Waals surface area contributed by atoms with Crippen LogP contribution in [0.15, 0.2) is 18.3 Å². The maximum absolute atomic E-state index is 11.7. The van der Waals surface area contributed by atoms with Gasteiger partial charge >= 0.3 is 5.97 Å². The van der Waals surface area contributed by atoms with Gasteiger partial charge in [0.15, 0.2) is 11.5 Å². The van der Waals surface area contributed by atoms with Gasteiger partial charge in [0.1, 0.15) is 0 Å². The van der Waals surface area contributed by atoms with Crippen molar-refractivity contribution in [1.29, 1.82) is 0 Å². The zero-order chi connectivity index (χ0) is 15.1. The molecule has 3 aromatic rings. The van der Waals surface area contributed by atoms with Crippen molar-refractivity contribution in [3.05, 3.63) is 35.3 Å². The molecule has 3 rings (SSSR count). The smallest absolute Gasteiger partial charge is 0.339 e. The lowest BCUT2D eigenvalue weighted by atomic mass is 10.2. The van der Waals surface area contributed by atoms with Gasteiger partial charge in [0.05, 0.1) is 23.9 Å². The second kappa shape index (κ2) is 4.69. The Hall–Kier alpha value is -2.70. The Morgan fingerprint density at radius 2 is 2.00 bits per heavy atom. The number of methoxy groups -OCH3 is 1. The molecule has 0 radical (unpaired) electrons. The third-order valence-electron chi connectivity index (χ3n) is 3.56. The highest BCUT2D eigenvalue weighted by Gasteiger charge is 2.18. The number of esters is 1. The number of fused-ring (bicyclic) bond motifs is 1. The summed E-state index contributed by atoms with van der Waals surface area (Å²) in [6, 6.07) is 3.41. The molecule has 3 heterocycles. The molecule has 108 valence electrons. The lowest BCUT2D eigenvalue weighted by Crippen LogP contribution is -2.03. The third kappa shape index (κ3) is 1.97. The molecule has 3 aromatic heterocycles. The van der Waals surface area contributed by atoms with Crippen LogP contribution in [-0.4, -0.2) is 37.5 Å². The first kappa shape index (κ1) is 13.3. The van der Waals surface area contributed by atoms with Gasteiger partial charge in [-0.25, -0.2) is 4.79 Å². The van der Waals surface area contributed by atoms with E-state index >= 15 is 0 Å². The van der Waals surface area contributed by atoms with Crippen LogP contribution in [0.5, 0.6) is 0 Å². The summed E-state index contributed by atoms with van der Waals surface area (Å²) in [5.74, 6) is 0.273. The minimum atomic E-state index is -0.392. The van der Waals surface area contributed by atoms with Crippen LogP contribution >= 0.6 is 0 Å². The highest BCUT2D eigenvalue weighted by atomic mass is 16.5. The minimum absolute atomic E-state index is 0.392. The molecule has 0 atom stereocenters. The zero-order valence-electron chi connectivity index (χ0n) is 12.3. The Morgan fingerprint density at radius 3 is 2.62 bits per heavy atom. The summed E-state index contributed by atoms with van der Waals surface area (Å²) >= 11 is 0. The molecule has 0 N–H and O–H groups in total. The van der Waals surface area contributed by atoms with Crippen LogP contribution in [0.4, 0.5) is 0 Å². The van der Waals surface area contributed by atoms with Crippen LogP contribution in [0.25, 0.3) is 17.0 Å². The highest BCUT2D eigenvalue weighted by Crippen LogP contribution is 2.25. The average molecular weight is 285 g/mol. The van der Waals surface area contributed by atoms with Crippen molar-refractivity contribution in [1.82, 2.24) is 24.4 Å². The summed E-state index contributed by atoms with van der Waals surface area (Å²) in [6.07, 6.45) is 1.68. The minimum Gasteiger partial charge on any atom is -0.465 e. The number of nitrogens with zero attached hydrogens (tertiary/aromatic N) is 5. The number of aromatic nitrogens is 5. The van der Waals surface area contributed by atoms with Crippen molar-refractivity contribution in [2.45, 2.75) is 13.8 Å². The first-order chi connectivity index (χ1) is 10.0. The Morgan fingerprint density at radius 1 is 1.24 bits per heavy atom. The van der Waals surface area contributed by atoms with E-state index in [0.29, 0.717) is 17.0 Å². The quantitative estimate of drug-likeness (QED) is 0.668.